The van der Waals surface area contributed by atoms with E-state index in [-0.39, 0.29) is 18.0 Å². The molecular weight excluding hydrogens is 449 g/mol. The molecule has 1 saturated heterocycles. The van der Waals surface area contributed by atoms with Gasteiger partial charge in [0.2, 0.25) is 0 Å². The number of hydrogen-bond acceptors (Lipinski definition) is 3. The molecule has 0 radical (unpaired) electrons. The summed E-state index contributed by atoms with van der Waals surface area (Å²) in [6.45, 7) is 2.24. The van der Waals surface area contributed by atoms with Crippen LogP contribution in [0.3, 0.4) is 0 Å². The number of carbonyl (C=O) groups excluding carboxylic acids is 2. The molecule has 5 rings (SSSR count). The number of thioether (sulfide) groups is 1. The monoisotopic (exact) mass is 468 g/mol. The molecule has 3 aromatic rings. The van der Waals surface area contributed by atoms with Crippen molar-refractivity contribution in [3.63, 3.8) is 0 Å². The second-order valence-corrected chi connectivity index (χ2v) is 9.41. The van der Waals surface area contributed by atoms with Gasteiger partial charge >= 0.3 is 0 Å². The third-order valence-electron chi connectivity index (χ3n) is 5.99. The van der Waals surface area contributed by atoms with Gasteiger partial charge < -0.3 is 9.80 Å². The van der Waals surface area contributed by atoms with Crippen molar-refractivity contribution < 1.29 is 22.8 Å². The van der Waals surface area contributed by atoms with Crippen LogP contribution in [0.15, 0.2) is 60.7 Å². The minimum Gasteiger partial charge on any atom is -0.311 e. The summed E-state index contributed by atoms with van der Waals surface area (Å²) in [7, 11) is 0. The van der Waals surface area contributed by atoms with Crippen LogP contribution in [0.4, 0.5) is 18.9 Å². The Labute approximate surface area is 193 Å². The molecule has 33 heavy (non-hydrogen) atoms. The van der Waals surface area contributed by atoms with Crippen molar-refractivity contribution in [2.24, 2.45) is 0 Å². The molecule has 0 aliphatic carbocycles. The predicted molar refractivity (Wildman–Crippen MR) is 120 cm³/mol. The normalized spacial score (nSPS) is 19.5. The lowest BCUT2D eigenvalue weighted by Gasteiger charge is -2.33. The number of anilines is 1. The maximum atomic E-state index is 13.9. The summed E-state index contributed by atoms with van der Waals surface area (Å²) in [5, 5.41) is 0. The molecule has 8 heteroatoms. The zero-order valence-corrected chi connectivity index (χ0v) is 18.5. The Morgan fingerprint density at radius 1 is 1.03 bits per heavy atom. The number of carbonyl (C=O) groups is 2. The molecule has 1 fully saturated rings. The summed E-state index contributed by atoms with van der Waals surface area (Å²) in [4.78, 5) is 29.1. The minimum absolute atomic E-state index is 0.0242. The van der Waals surface area contributed by atoms with Crippen molar-refractivity contribution in [1.29, 1.82) is 0 Å². The van der Waals surface area contributed by atoms with Crippen molar-refractivity contribution in [2.75, 3.05) is 17.2 Å². The van der Waals surface area contributed by atoms with E-state index < -0.39 is 28.2 Å². The van der Waals surface area contributed by atoms with E-state index in [0.717, 1.165) is 23.8 Å². The molecule has 2 aliphatic rings. The summed E-state index contributed by atoms with van der Waals surface area (Å²) >= 11 is 1.35. The second-order valence-electron chi connectivity index (χ2n) is 8.12. The van der Waals surface area contributed by atoms with Gasteiger partial charge in [0.05, 0.1) is 12.2 Å². The fourth-order valence-electron chi connectivity index (χ4n) is 4.48. The maximum absolute atomic E-state index is 13.9. The van der Waals surface area contributed by atoms with Gasteiger partial charge in [0, 0.05) is 23.4 Å². The third-order valence-corrected chi connectivity index (χ3v) is 7.41. The van der Waals surface area contributed by atoms with E-state index in [1.54, 1.807) is 6.07 Å². The number of fused-ring (bicyclic) bond motifs is 2. The topological polar surface area (TPSA) is 40.6 Å². The third kappa shape index (κ3) is 3.40. The highest BCUT2D eigenvalue weighted by Crippen LogP contribution is 2.55. The predicted octanol–water partition coefficient (Wildman–Crippen LogP) is 5.00. The van der Waals surface area contributed by atoms with Gasteiger partial charge in [-0.2, -0.15) is 0 Å². The number of nitrogens with zero attached hydrogens (tertiary/aromatic N) is 2. The van der Waals surface area contributed by atoms with Gasteiger partial charge in [-0.3, -0.25) is 9.59 Å². The first-order chi connectivity index (χ1) is 15.8. The van der Waals surface area contributed by atoms with Gasteiger partial charge in [-0.25, -0.2) is 13.2 Å². The van der Waals surface area contributed by atoms with E-state index in [2.05, 4.69) is 0 Å². The Bertz CT molecular complexity index is 1300. The highest BCUT2D eigenvalue weighted by atomic mass is 32.2. The molecule has 1 atom stereocenters. The van der Waals surface area contributed by atoms with E-state index in [9.17, 15) is 22.8 Å². The average Bonchev–Trinajstić information content (AvgIpc) is 3.33. The van der Waals surface area contributed by atoms with Crippen LogP contribution in [0.2, 0.25) is 0 Å². The molecule has 168 valence electrons. The molecule has 0 bridgehead atoms. The number of rotatable bonds is 3. The van der Waals surface area contributed by atoms with Crippen molar-refractivity contribution in [1.82, 2.24) is 4.90 Å². The molecular formula is C25H19F3N2O2S. The van der Waals surface area contributed by atoms with Crippen LogP contribution in [-0.2, 0) is 16.2 Å². The van der Waals surface area contributed by atoms with Gasteiger partial charge in [0.1, 0.15) is 5.82 Å². The fourth-order valence-corrected chi connectivity index (χ4v) is 5.94. The smallest absolute Gasteiger partial charge is 0.268 e. The maximum Gasteiger partial charge on any atom is 0.268 e. The summed E-state index contributed by atoms with van der Waals surface area (Å²) < 4.78 is 41.0. The fraction of sp³-hybridized carbons (Fsp3) is 0.200. The van der Waals surface area contributed by atoms with Crippen LogP contribution in [-0.4, -0.2) is 29.0 Å². The summed E-state index contributed by atoms with van der Waals surface area (Å²) in [6, 6.07) is 14.5. The van der Waals surface area contributed by atoms with Crippen LogP contribution in [0.25, 0.3) is 0 Å². The molecule has 3 aromatic carbocycles. The number of hydrogen-bond donors (Lipinski definition) is 0. The van der Waals surface area contributed by atoms with E-state index in [4.69, 9.17) is 0 Å². The number of amides is 2. The SMILES string of the molecule is Cc1ccc2c(c1)C1(SCCN1C(=O)c1cccc(F)c1)C(=O)N2Cc1ccc(F)c(F)c1. The summed E-state index contributed by atoms with van der Waals surface area (Å²) in [5.74, 6) is -2.72. The van der Waals surface area contributed by atoms with Gasteiger partial charge in [0.15, 0.2) is 16.5 Å². The van der Waals surface area contributed by atoms with Crippen LogP contribution < -0.4 is 4.90 Å². The zero-order valence-electron chi connectivity index (χ0n) is 17.6. The highest BCUT2D eigenvalue weighted by molar-refractivity contribution is 8.01. The standard InChI is InChI=1S/C25H19F3N2O2S/c1-15-5-8-22-19(11-15)25(24(32)29(22)14-16-6-7-20(27)21(28)12-16)30(9-10-33-25)23(31)17-3-2-4-18(26)13-17/h2-8,11-13H,9-10,14H2,1H3. The van der Waals surface area contributed by atoms with Crippen molar-refractivity contribution in [2.45, 2.75) is 18.3 Å². The largest absolute Gasteiger partial charge is 0.311 e. The van der Waals surface area contributed by atoms with Gasteiger partial charge in [-0.1, -0.05) is 29.8 Å². The van der Waals surface area contributed by atoms with Crippen LogP contribution >= 0.6 is 11.8 Å². The van der Waals surface area contributed by atoms with Crippen LogP contribution in [0, 0.1) is 24.4 Å². The van der Waals surface area contributed by atoms with Crippen LogP contribution in [0.5, 0.6) is 0 Å². The first-order valence-corrected chi connectivity index (χ1v) is 11.4. The van der Waals surface area contributed by atoms with Crippen molar-refractivity contribution in [3.05, 3.63) is 100 Å². The van der Waals surface area contributed by atoms with Gasteiger partial charge in [-0.15, -0.1) is 11.8 Å². The van der Waals surface area contributed by atoms with Crippen molar-refractivity contribution >= 4 is 29.3 Å². The number of halogens is 3. The Kier molecular flexibility index (Phi) is 5.20. The molecule has 0 N–H and O–H groups in total. The molecule has 4 nitrogen and oxygen atoms in total. The Balaban J connectivity index is 1.60. The molecule has 1 unspecified atom stereocenters. The van der Waals surface area contributed by atoms with Gasteiger partial charge in [-0.05, 0) is 48.9 Å². The molecule has 2 heterocycles. The van der Waals surface area contributed by atoms with Gasteiger partial charge in [0.25, 0.3) is 11.8 Å². The molecule has 2 amide bonds. The molecule has 2 aliphatic heterocycles. The minimum atomic E-state index is -1.30. The molecule has 1 spiro atoms. The van der Waals surface area contributed by atoms with E-state index in [1.807, 2.05) is 19.1 Å². The highest BCUT2D eigenvalue weighted by Gasteiger charge is 2.59. The first kappa shape index (κ1) is 21.6. The lowest BCUT2D eigenvalue weighted by molar-refractivity contribution is -0.123. The quantitative estimate of drug-likeness (QED) is 0.543. The lowest BCUT2D eigenvalue weighted by Crippen LogP contribution is -2.50. The van der Waals surface area contributed by atoms with Crippen molar-refractivity contribution in [3.8, 4) is 0 Å². The summed E-state index contributed by atoms with van der Waals surface area (Å²) in [5.41, 5.74) is 2.79. The van der Waals surface area contributed by atoms with E-state index in [0.29, 0.717) is 29.1 Å². The number of benzene rings is 3. The van der Waals surface area contributed by atoms with Crippen LogP contribution in [0.1, 0.15) is 27.0 Å². The zero-order chi connectivity index (χ0) is 23.3. The number of aryl methyl sites for hydroxylation is 1. The van der Waals surface area contributed by atoms with E-state index >= 15 is 0 Å². The Morgan fingerprint density at radius 2 is 1.85 bits per heavy atom. The Morgan fingerprint density at radius 3 is 2.61 bits per heavy atom. The lowest BCUT2D eigenvalue weighted by atomic mass is 10.0. The second kappa shape index (κ2) is 7.95. The molecule has 0 saturated carbocycles. The summed E-state index contributed by atoms with van der Waals surface area (Å²) in [6.07, 6.45) is 0. The first-order valence-electron chi connectivity index (χ1n) is 10.4. The van der Waals surface area contributed by atoms with E-state index in [1.165, 1.54) is 45.8 Å². The Hall–Kier alpha value is -3.26. The molecule has 0 aromatic heterocycles. The average molecular weight is 469 g/mol.